The molecule has 0 unspecified atom stereocenters. The summed E-state index contributed by atoms with van der Waals surface area (Å²) in [6.07, 6.45) is 0.856. The molecule has 2 heterocycles. The summed E-state index contributed by atoms with van der Waals surface area (Å²) in [6, 6.07) is 13.2. The molecular formula is C21H18ClN3O2. The molecule has 0 bridgehead atoms. The molecule has 27 heavy (non-hydrogen) atoms. The van der Waals surface area contributed by atoms with Crippen LogP contribution in [0.5, 0.6) is 0 Å². The maximum absolute atomic E-state index is 13.0. The number of fused-ring (bicyclic) bond motifs is 3. The van der Waals surface area contributed by atoms with Crippen LogP contribution in [0.1, 0.15) is 12.5 Å². The molecule has 0 atom stereocenters. The number of halogens is 1. The fraction of sp³-hybridized carbons (Fsp3) is 0.190. The van der Waals surface area contributed by atoms with Crippen LogP contribution in [0, 0.1) is 0 Å². The zero-order chi connectivity index (χ0) is 19.3. The fourth-order valence-electron chi connectivity index (χ4n) is 3.46. The zero-order valence-electron chi connectivity index (χ0n) is 15.3. The maximum atomic E-state index is 13.0. The highest BCUT2D eigenvalue weighted by atomic mass is 35.5. The van der Waals surface area contributed by atoms with Gasteiger partial charge in [0.05, 0.1) is 22.1 Å². The van der Waals surface area contributed by atoms with Gasteiger partial charge in [0.15, 0.2) is 0 Å². The lowest BCUT2D eigenvalue weighted by molar-refractivity contribution is 0.715. The van der Waals surface area contributed by atoms with Crippen LogP contribution in [0.4, 0.5) is 0 Å². The smallest absolute Gasteiger partial charge is 0.295 e. The number of rotatable bonds is 2. The molecule has 0 aliphatic carbocycles. The zero-order valence-corrected chi connectivity index (χ0v) is 16.0. The van der Waals surface area contributed by atoms with Gasteiger partial charge in [0.25, 0.3) is 5.56 Å². The van der Waals surface area contributed by atoms with E-state index in [0.29, 0.717) is 21.6 Å². The van der Waals surface area contributed by atoms with Gasteiger partial charge in [-0.3, -0.25) is 13.9 Å². The summed E-state index contributed by atoms with van der Waals surface area (Å²) in [5.41, 5.74) is 3.09. The number of nitrogens with zero attached hydrogens (tertiary/aromatic N) is 3. The molecule has 0 saturated heterocycles. The van der Waals surface area contributed by atoms with Crippen LogP contribution in [0.3, 0.4) is 0 Å². The first-order valence-electron chi connectivity index (χ1n) is 8.70. The van der Waals surface area contributed by atoms with Crippen molar-refractivity contribution in [1.29, 1.82) is 0 Å². The summed E-state index contributed by atoms with van der Waals surface area (Å²) in [7, 11) is 3.18. The van der Waals surface area contributed by atoms with E-state index in [-0.39, 0.29) is 11.2 Å². The van der Waals surface area contributed by atoms with Crippen molar-refractivity contribution in [1.82, 2.24) is 14.1 Å². The van der Waals surface area contributed by atoms with Crippen molar-refractivity contribution in [3.8, 4) is 11.3 Å². The lowest BCUT2D eigenvalue weighted by Gasteiger charge is -2.14. The van der Waals surface area contributed by atoms with E-state index in [1.54, 1.807) is 19.2 Å². The van der Waals surface area contributed by atoms with Gasteiger partial charge in [0, 0.05) is 30.1 Å². The Kier molecular flexibility index (Phi) is 4.12. The normalized spacial score (nSPS) is 11.4. The number of hydrogen-bond acceptors (Lipinski definition) is 3. The van der Waals surface area contributed by atoms with E-state index in [9.17, 15) is 9.59 Å². The minimum absolute atomic E-state index is 0.352. The van der Waals surface area contributed by atoms with Gasteiger partial charge >= 0.3 is 5.69 Å². The van der Waals surface area contributed by atoms with Crippen LogP contribution in [0.15, 0.2) is 52.1 Å². The molecule has 0 saturated carbocycles. The maximum Gasteiger partial charge on any atom is 0.330 e. The highest BCUT2D eigenvalue weighted by Gasteiger charge is 2.18. The second-order valence-electron chi connectivity index (χ2n) is 6.60. The van der Waals surface area contributed by atoms with Crippen molar-refractivity contribution in [2.75, 3.05) is 0 Å². The summed E-state index contributed by atoms with van der Waals surface area (Å²) in [4.78, 5) is 30.4. The number of hydrogen-bond donors (Lipinski definition) is 0. The number of aromatic nitrogens is 3. The Labute approximate surface area is 160 Å². The standard InChI is InChI=1S/C21H18ClN3O2/c1-4-12-5-10-16-15(11-12)19-17(20(26)25(3)21(27)24(19)2)18(23-16)13-6-8-14(22)9-7-13/h5-11H,4H2,1-3H3. The fourth-order valence-corrected chi connectivity index (χ4v) is 3.58. The Balaban J connectivity index is 2.29. The lowest BCUT2D eigenvalue weighted by atomic mass is 10.0. The topological polar surface area (TPSA) is 56.9 Å². The first-order chi connectivity index (χ1) is 12.9. The van der Waals surface area contributed by atoms with E-state index in [1.165, 1.54) is 11.6 Å². The molecule has 0 aliphatic rings. The van der Waals surface area contributed by atoms with Crippen LogP contribution in [-0.4, -0.2) is 14.1 Å². The van der Waals surface area contributed by atoms with Gasteiger partial charge in [0.1, 0.15) is 0 Å². The van der Waals surface area contributed by atoms with Crippen molar-refractivity contribution < 1.29 is 0 Å². The minimum atomic E-state index is -0.357. The molecule has 0 N–H and O–H groups in total. The predicted molar refractivity (Wildman–Crippen MR) is 110 cm³/mol. The Morgan fingerprint density at radius 2 is 1.70 bits per heavy atom. The summed E-state index contributed by atoms with van der Waals surface area (Å²) < 4.78 is 2.65. The monoisotopic (exact) mass is 379 g/mol. The molecule has 5 nitrogen and oxygen atoms in total. The molecule has 136 valence electrons. The molecule has 0 radical (unpaired) electrons. The van der Waals surface area contributed by atoms with Crippen LogP contribution < -0.4 is 11.2 Å². The molecule has 2 aromatic heterocycles. The average Bonchev–Trinajstić information content (AvgIpc) is 2.69. The number of aryl methyl sites for hydroxylation is 2. The van der Waals surface area contributed by atoms with Gasteiger partial charge in [-0.1, -0.05) is 36.7 Å². The van der Waals surface area contributed by atoms with Crippen LogP contribution in [0.25, 0.3) is 33.1 Å². The van der Waals surface area contributed by atoms with Crippen molar-refractivity contribution >= 4 is 33.4 Å². The first-order valence-corrected chi connectivity index (χ1v) is 9.08. The molecule has 0 amide bonds. The SMILES string of the molecule is CCc1ccc2nc(-c3ccc(Cl)cc3)c3c(=O)n(C)c(=O)n(C)c3c2c1. The van der Waals surface area contributed by atoms with E-state index < -0.39 is 0 Å². The van der Waals surface area contributed by atoms with Crippen LogP contribution in [-0.2, 0) is 20.5 Å². The van der Waals surface area contributed by atoms with Gasteiger partial charge in [0.2, 0.25) is 0 Å². The molecule has 2 aromatic carbocycles. The molecule has 0 fully saturated rings. The number of pyridine rings is 1. The third-order valence-corrected chi connectivity index (χ3v) is 5.23. The first kappa shape index (κ1) is 17.5. The minimum Gasteiger partial charge on any atom is -0.295 e. The highest BCUT2D eigenvalue weighted by Crippen LogP contribution is 2.30. The van der Waals surface area contributed by atoms with E-state index in [4.69, 9.17) is 16.6 Å². The van der Waals surface area contributed by atoms with E-state index >= 15 is 0 Å². The van der Waals surface area contributed by atoms with Crippen molar-refractivity contribution in [3.05, 3.63) is 73.9 Å². The van der Waals surface area contributed by atoms with Gasteiger partial charge in [-0.05, 0) is 36.2 Å². The quantitative estimate of drug-likeness (QED) is 0.499. The lowest BCUT2D eigenvalue weighted by Crippen LogP contribution is -2.37. The van der Waals surface area contributed by atoms with E-state index in [2.05, 4.69) is 6.92 Å². The van der Waals surface area contributed by atoms with Gasteiger partial charge in [-0.2, -0.15) is 0 Å². The van der Waals surface area contributed by atoms with Crippen molar-refractivity contribution in [3.63, 3.8) is 0 Å². The second-order valence-corrected chi connectivity index (χ2v) is 7.04. The van der Waals surface area contributed by atoms with Gasteiger partial charge in [-0.25, -0.2) is 9.78 Å². The Morgan fingerprint density at radius 3 is 2.37 bits per heavy atom. The molecule has 4 aromatic rings. The number of benzene rings is 2. The molecule has 4 rings (SSSR count). The van der Waals surface area contributed by atoms with Gasteiger partial charge < -0.3 is 0 Å². The molecular weight excluding hydrogens is 362 g/mol. The molecule has 0 spiro atoms. The molecule has 6 heteroatoms. The van der Waals surface area contributed by atoms with Crippen molar-refractivity contribution in [2.24, 2.45) is 14.1 Å². The van der Waals surface area contributed by atoms with E-state index in [1.807, 2.05) is 30.3 Å². The highest BCUT2D eigenvalue weighted by molar-refractivity contribution is 6.30. The summed E-state index contributed by atoms with van der Waals surface area (Å²) in [5, 5.41) is 1.85. The second kappa shape index (κ2) is 6.35. The largest absolute Gasteiger partial charge is 0.330 e. The van der Waals surface area contributed by atoms with Crippen LogP contribution >= 0.6 is 11.6 Å². The third kappa shape index (κ3) is 2.66. The summed E-state index contributed by atoms with van der Waals surface area (Å²) in [5.74, 6) is 0. The molecule has 0 aliphatic heterocycles. The summed E-state index contributed by atoms with van der Waals surface area (Å²) >= 11 is 6.02. The van der Waals surface area contributed by atoms with E-state index in [0.717, 1.165) is 33.0 Å². The summed E-state index contributed by atoms with van der Waals surface area (Å²) in [6.45, 7) is 2.07. The average molecular weight is 380 g/mol. The Morgan fingerprint density at radius 1 is 1.00 bits per heavy atom. The van der Waals surface area contributed by atoms with Crippen molar-refractivity contribution in [2.45, 2.75) is 13.3 Å². The Hall–Kier alpha value is -2.92. The Bertz CT molecular complexity index is 1320. The third-order valence-electron chi connectivity index (χ3n) is 4.98. The van der Waals surface area contributed by atoms with Gasteiger partial charge in [-0.15, -0.1) is 0 Å². The predicted octanol–water partition coefficient (Wildman–Crippen LogP) is 3.67. The van der Waals surface area contributed by atoms with Crippen LogP contribution in [0.2, 0.25) is 5.02 Å².